The summed E-state index contributed by atoms with van der Waals surface area (Å²) in [5.41, 5.74) is 5.94. The molecule has 0 aliphatic carbocycles. The molecule has 0 saturated carbocycles. The Kier molecular flexibility index (Phi) is 3.37. The lowest BCUT2D eigenvalue weighted by molar-refractivity contribution is 0.302. The molecule has 0 spiro atoms. The van der Waals surface area contributed by atoms with Gasteiger partial charge in [0.05, 0.1) is 0 Å². The molecule has 0 radical (unpaired) electrons. The van der Waals surface area contributed by atoms with E-state index in [0.717, 1.165) is 13.1 Å². The highest BCUT2D eigenvalue weighted by Gasteiger charge is 2.18. The second-order valence-corrected chi connectivity index (χ2v) is 5.29. The summed E-state index contributed by atoms with van der Waals surface area (Å²) in [6.45, 7) is 6.94. The number of hydrogen-bond donors (Lipinski definition) is 1. The van der Waals surface area contributed by atoms with Gasteiger partial charge in [-0.3, -0.25) is 4.90 Å². The number of nitrogens with zero attached hydrogens (tertiary/aromatic N) is 1. The molecule has 0 unspecified atom stereocenters. The molecule has 2 heterocycles. The summed E-state index contributed by atoms with van der Waals surface area (Å²) >= 11 is 0. The molecule has 0 saturated heterocycles. The van der Waals surface area contributed by atoms with E-state index in [0.29, 0.717) is 0 Å². The van der Waals surface area contributed by atoms with Crippen LogP contribution in [0.15, 0.2) is 24.3 Å². The minimum Gasteiger partial charge on any atom is -0.384 e. The Bertz CT molecular complexity index is 462. The molecule has 0 fully saturated rings. The third kappa shape index (κ3) is 2.17. The van der Waals surface area contributed by atoms with Crippen molar-refractivity contribution in [1.29, 1.82) is 0 Å². The molecule has 2 aliphatic rings. The minimum atomic E-state index is 1.10. The van der Waals surface area contributed by atoms with Crippen molar-refractivity contribution in [2.24, 2.45) is 0 Å². The lowest BCUT2D eigenvalue weighted by Crippen LogP contribution is -2.29. The SMILES string of the molecule is CCCN1CC=C(c2cccc3c2CCN3)CC1. The van der Waals surface area contributed by atoms with E-state index in [2.05, 4.69) is 41.4 Å². The van der Waals surface area contributed by atoms with E-state index >= 15 is 0 Å². The van der Waals surface area contributed by atoms with Gasteiger partial charge in [-0.25, -0.2) is 0 Å². The van der Waals surface area contributed by atoms with Gasteiger partial charge in [-0.2, -0.15) is 0 Å². The number of hydrogen-bond acceptors (Lipinski definition) is 2. The smallest absolute Gasteiger partial charge is 0.0379 e. The maximum Gasteiger partial charge on any atom is 0.0379 e. The Morgan fingerprint density at radius 1 is 1.28 bits per heavy atom. The fourth-order valence-electron chi connectivity index (χ4n) is 3.12. The van der Waals surface area contributed by atoms with Crippen molar-refractivity contribution in [2.45, 2.75) is 26.2 Å². The first kappa shape index (κ1) is 11.8. The summed E-state index contributed by atoms with van der Waals surface area (Å²) in [5, 5.41) is 3.47. The summed E-state index contributed by atoms with van der Waals surface area (Å²) in [6, 6.07) is 6.69. The van der Waals surface area contributed by atoms with Crippen LogP contribution < -0.4 is 5.32 Å². The number of benzene rings is 1. The molecule has 96 valence electrons. The van der Waals surface area contributed by atoms with Crippen molar-refractivity contribution in [2.75, 3.05) is 31.5 Å². The highest BCUT2D eigenvalue weighted by atomic mass is 15.1. The van der Waals surface area contributed by atoms with E-state index in [4.69, 9.17) is 0 Å². The van der Waals surface area contributed by atoms with Crippen LogP contribution >= 0.6 is 0 Å². The van der Waals surface area contributed by atoms with Crippen molar-refractivity contribution in [3.8, 4) is 0 Å². The summed E-state index contributed by atoms with van der Waals surface area (Å²) < 4.78 is 0. The quantitative estimate of drug-likeness (QED) is 0.876. The van der Waals surface area contributed by atoms with Gasteiger partial charge in [0.15, 0.2) is 0 Å². The standard InChI is InChI=1S/C16H22N2/c1-2-10-18-11-7-13(8-12-18)14-4-3-5-16-15(14)6-9-17-16/h3-5,7,17H,2,6,8-12H2,1H3. The van der Waals surface area contributed by atoms with Gasteiger partial charge in [0.1, 0.15) is 0 Å². The lowest BCUT2D eigenvalue weighted by atomic mass is 9.93. The molecule has 0 aromatic heterocycles. The maximum atomic E-state index is 3.47. The molecule has 0 atom stereocenters. The normalized spacial score (nSPS) is 19.3. The van der Waals surface area contributed by atoms with Gasteiger partial charge in [-0.15, -0.1) is 0 Å². The van der Waals surface area contributed by atoms with Crippen molar-refractivity contribution in [1.82, 2.24) is 4.90 Å². The zero-order valence-electron chi connectivity index (χ0n) is 11.2. The second-order valence-electron chi connectivity index (χ2n) is 5.29. The van der Waals surface area contributed by atoms with Crippen molar-refractivity contribution in [3.63, 3.8) is 0 Å². The van der Waals surface area contributed by atoms with Crippen LogP contribution in [-0.4, -0.2) is 31.1 Å². The highest BCUT2D eigenvalue weighted by Crippen LogP contribution is 2.32. The third-order valence-electron chi connectivity index (χ3n) is 4.05. The van der Waals surface area contributed by atoms with Gasteiger partial charge in [-0.05, 0) is 48.6 Å². The van der Waals surface area contributed by atoms with E-state index in [9.17, 15) is 0 Å². The average Bonchev–Trinajstić information content (AvgIpc) is 2.88. The Hall–Kier alpha value is -1.28. The van der Waals surface area contributed by atoms with E-state index in [1.54, 1.807) is 5.57 Å². The summed E-state index contributed by atoms with van der Waals surface area (Å²) in [4.78, 5) is 2.55. The van der Waals surface area contributed by atoms with Gasteiger partial charge < -0.3 is 5.32 Å². The number of fused-ring (bicyclic) bond motifs is 1. The van der Waals surface area contributed by atoms with Crippen LogP contribution in [0.25, 0.3) is 5.57 Å². The molecule has 2 nitrogen and oxygen atoms in total. The van der Waals surface area contributed by atoms with E-state index in [1.807, 2.05) is 0 Å². The molecule has 2 heteroatoms. The summed E-state index contributed by atoms with van der Waals surface area (Å²) in [7, 11) is 0. The van der Waals surface area contributed by atoms with Crippen molar-refractivity contribution in [3.05, 3.63) is 35.4 Å². The fraction of sp³-hybridized carbons (Fsp3) is 0.500. The van der Waals surface area contributed by atoms with Crippen molar-refractivity contribution >= 4 is 11.3 Å². The van der Waals surface area contributed by atoms with Gasteiger partial charge in [0.2, 0.25) is 0 Å². The fourth-order valence-corrected chi connectivity index (χ4v) is 3.12. The van der Waals surface area contributed by atoms with Crippen LogP contribution in [-0.2, 0) is 6.42 Å². The Balaban J connectivity index is 1.82. The van der Waals surface area contributed by atoms with Gasteiger partial charge in [-0.1, -0.05) is 25.1 Å². The molecule has 18 heavy (non-hydrogen) atoms. The first-order valence-corrected chi connectivity index (χ1v) is 7.16. The molecule has 2 aliphatic heterocycles. The summed E-state index contributed by atoms with van der Waals surface area (Å²) in [5.74, 6) is 0. The van der Waals surface area contributed by atoms with E-state index in [-0.39, 0.29) is 0 Å². The van der Waals surface area contributed by atoms with E-state index < -0.39 is 0 Å². The van der Waals surface area contributed by atoms with Gasteiger partial charge in [0, 0.05) is 25.3 Å². The minimum absolute atomic E-state index is 1.10. The topological polar surface area (TPSA) is 15.3 Å². The molecule has 0 amide bonds. The molecule has 1 aromatic carbocycles. The molecular weight excluding hydrogens is 220 g/mol. The predicted octanol–water partition coefficient (Wildman–Crippen LogP) is 3.15. The predicted molar refractivity (Wildman–Crippen MR) is 78.0 cm³/mol. The second kappa shape index (κ2) is 5.15. The largest absolute Gasteiger partial charge is 0.384 e. The zero-order valence-corrected chi connectivity index (χ0v) is 11.2. The monoisotopic (exact) mass is 242 g/mol. The average molecular weight is 242 g/mol. The first-order valence-electron chi connectivity index (χ1n) is 7.16. The highest BCUT2D eigenvalue weighted by molar-refractivity contribution is 5.75. The Morgan fingerprint density at radius 2 is 2.22 bits per heavy atom. The van der Waals surface area contributed by atoms with Crippen LogP contribution in [0.5, 0.6) is 0 Å². The zero-order chi connectivity index (χ0) is 12.4. The number of anilines is 1. The van der Waals surface area contributed by atoms with Gasteiger partial charge >= 0.3 is 0 Å². The molecule has 1 aromatic rings. The van der Waals surface area contributed by atoms with Crippen LogP contribution in [0.3, 0.4) is 0 Å². The lowest BCUT2D eigenvalue weighted by Gasteiger charge is -2.26. The Morgan fingerprint density at radius 3 is 3.00 bits per heavy atom. The van der Waals surface area contributed by atoms with Crippen LogP contribution in [0.2, 0.25) is 0 Å². The maximum absolute atomic E-state index is 3.47. The third-order valence-corrected chi connectivity index (χ3v) is 4.05. The molecule has 0 bridgehead atoms. The first-order chi connectivity index (χ1) is 8.88. The van der Waals surface area contributed by atoms with Gasteiger partial charge in [0.25, 0.3) is 0 Å². The summed E-state index contributed by atoms with van der Waals surface area (Å²) in [6.07, 6.45) is 6.08. The van der Waals surface area contributed by atoms with E-state index in [1.165, 1.54) is 49.2 Å². The molecule has 3 rings (SSSR count). The number of rotatable bonds is 3. The van der Waals surface area contributed by atoms with Crippen LogP contribution in [0, 0.1) is 0 Å². The van der Waals surface area contributed by atoms with Crippen molar-refractivity contribution < 1.29 is 0 Å². The molecule has 1 N–H and O–H groups in total. The Labute approximate surface area is 110 Å². The van der Waals surface area contributed by atoms with Crippen LogP contribution in [0.4, 0.5) is 5.69 Å². The number of nitrogens with one attached hydrogen (secondary N) is 1. The molecular formula is C16H22N2. The van der Waals surface area contributed by atoms with Crippen LogP contribution in [0.1, 0.15) is 30.9 Å².